The summed E-state index contributed by atoms with van der Waals surface area (Å²) in [6.45, 7) is 12.1. The minimum atomic E-state index is -0.365. The van der Waals surface area contributed by atoms with Crippen molar-refractivity contribution < 1.29 is 0 Å². The molecule has 2 atom stereocenters. The van der Waals surface area contributed by atoms with Crippen molar-refractivity contribution in [1.29, 1.82) is 5.26 Å². The highest BCUT2D eigenvalue weighted by molar-refractivity contribution is 5.02. The maximum Gasteiger partial charge on any atom is 0.103 e. The van der Waals surface area contributed by atoms with Crippen LogP contribution >= 0.6 is 0 Å². The van der Waals surface area contributed by atoms with E-state index in [1.54, 1.807) is 0 Å². The fraction of sp³-hybridized carbons (Fsp3) is 0.929. The number of hydrogen-bond donors (Lipinski definition) is 1. The summed E-state index contributed by atoms with van der Waals surface area (Å²) in [6.07, 6.45) is 3.23. The minimum absolute atomic E-state index is 0.365. The molecule has 100 valence electrons. The van der Waals surface area contributed by atoms with Crippen LogP contribution < -0.4 is 5.32 Å². The quantitative estimate of drug-likeness (QED) is 0.672. The third-order valence-corrected chi connectivity index (χ3v) is 3.66. The van der Waals surface area contributed by atoms with Crippen LogP contribution in [0.15, 0.2) is 0 Å². The molecule has 0 saturated carbocycles. The summed E-state index contributed by atoms with van der Waals surface area (Å²) < 4.78 is 0. The van der Waals surface area contributed by atoms with Crippen molar-refractivity contribution in [2.75, 3.05) is 26.7 Å². The number of hydrogen-bond acceptors (Lipinski definition) is 3. The Balaban J connectivity index is 3.96. The zero-order chi connectivity index (χ0) is 13.3. The summed E-state index contributed by atoms with van der Waals surface area (Å²) in [4.78, 5) is 2.49. The summed E-state index contributed by atoms with van der Waals surface area (Å²) >= 11 is 0. The highest BCUT2D eigenvalue weighted by Gasteiger charge is 2.20. The maximum absolute atomic E-state index is 9.07. The van der Waals surface area contributed by atoms with Crippen LogP contribution in [0.5, 0.6) is 0 Å². The number of nitriles is 1. The fourth-order valence-corrected chi connectivity index (χ4v) is 1.84. The molecule has 0 aromatic rings. The second-order valence-electron chi connectivity index (χ2n) is 5.20. The predicted octanol–water partition coefficient (Wildman–Crippen LogP) is 2.64. The number of rotatable bonds is 9. The standard InChI is InChI=1S/C14H29N3/c1-6-13(3)11-17(7-2)10-8-9-14(4,12-15)16-5/h13,16H,6-11H2,1-5H3. The Bertz CT molecular complexity index is 234. The van der Waals surface area contributed by atoms with Gasteiger partial charge in [0, 0.05) is 6.54 Å². The van der Waals surface area contributed by atoms with Gasteiger partial charge in [0.05, 0.1) is 6.07 Å². The molecule has 0 heterocycles. The SMILES string of the molecule is CCC(C)CN(CC)CCCC(C)(C#N)NC. The first-order valence-electron chi connectivity index (χ1n) is 6.83. The molecule has 2 unspecified atom stereocenters. The summed E-state index contributed by atoms with van der Waals surface area (Å²) in [5.41, 5.74) is -0.365. The molecule has 0 spiro atoms. The molecule has 0 aliphatic heterocycles. The van der Waals surface area contributed by atoms with Crippen molar-refractivity contribution >= 4 is 0 Å². The van der Waals surface area contributed by atoms with E-state index in [0.29, 0.717) is 0 Å². The molecule has 0 aliphatic rings. The fourth-order valence-electron chi connectivity index (χ4n) is 1.84. The second-order valence-corrected chi connectivity index (χ2v) is 5.20. The molecular formula is C14H29N3. The first-order valence-corrected chi connectivity index (χ1v) is 6.83. The van der Waals surface area contributed by atoms with E-state index < -0.39 is 0 Å². The molecule has 0 radical (unpaired) electrons. The van der Waals surface area contributed by atoms with Crippen LogP contribution in [0.3, 0.4) is 0 Å². The topological polar surface area (TPSA) is 39.1 Å². The average Bonchev–Trinajstić information content (AvgIpc) is 2.36. The van der Waals surface area contributed by atoms with Crippen LogP contribution in [0, 0.1) is 17.2 Å². The third-order valence-electron chi connectivity index (χ3n) is 3.66. The highest BCUT2D eigenvalue weighted by Crippen LogP contribution is 2.12. The van der Waals surface area contributed by atoms with Gasteiger partial charge in [-0.1, -0.05) is 27.2 Å². The number of nitrogens with zero attached hydrogens (tertiary/aromatic N) is 2. The molecule has 0 rings (SSSR count). The van der Waals surface area contributed by atoms with E-state index in [1.165, 1.54) is 13.0 Å². The first kappa shape index (κ1) is 16.4. The van der Waals surface area contributed by atoms with E-state index in [2.05, 4.69) is 37.1 Å². The van der Waals surface area contributed by atoms with Gasteiger partial charge in [-0.3, -0.25) is 0 Å². The van der Waals surface area contributed by atoms with Crippen LogP contribution in [0.4, 0.5) is 0 Å². The highest BCUT2D eigenvalue weighted by atomic mass is 15.1. The molecule has 1 N–H and O–H groups in total. The van der Waals surface area contributed by atoms with Crippen molar-refractivity contribution in [2.24, 2.45) is 5.92 Å². The lowest BCUT2D eigenvalue weighted by molar-refractivity contribution is 0.235. The van der Waals surface area contributed by atoms with Gasteiger partial charge in [-0.25, -0.2) is 0 Å². The van der Waals surface area contributed by atoms with Gasteiger partial charge in [-0.05, 0) is 45.8 Å². The second kappa shape index (κ2) is 8.49. The summed E-state index contributed by atoms with van der Waals surface area (Å²) in [5, 5.41) is 12.2. The number of nitrogens with one attached hydrogen (secondary N) is 1. The molecule has 0 fully saturated rings. The van der Waals surface area contributed by atoms with Gasteiger partial charge in [0.15, 0.2) is 0 Å². The van der Waals surface area contributed by atoms with E-state index in [0.717, 1.165) is 31.8 Å². The third kappa shape index (κ3) is 6.65. The van der Waals surface area contributed by atoms with Gasteiger partial charge in [0.2, 0.25) is 0 Å². The van der Waals surface area contributed by atoms with Crippen LogP contribution in [0.1, 0.15) is 47.0 Å². The summed E-state index contributed by atoms with van der Waals surface area (Å²) in [7, 11) is 1.86. The predicted molar refractivity (Wildman–Crippen MR) is 73.9 cm³/mol. The summed E-state index contributed by atoms with van der Waals surface area (Å²) in [5.74, 6) is 0.765. The van der Waals surface area contributed by atoms with Crippen molar-refractivity contribution in [3.63, 3.8) is 0 Å². The molecule has 3 heteroatoms. The molecule has 0 amide bonds. The van der Waals surface area contributed by atoms with Crippen LogP contribution in [0.2, 0.25) is 0 Å². The zero-order valence-electron chi connectivity index (χ0n) is 12.2. The van der Waals surface area contributed by atoms with E-state index in [9.17, 15) is 0 Å². The van der Waals surface area contributed by atoms with E-state index in [-0.39, 0.29) is 5.54 Å². The molecule has 0 saturated heterocycles. The molecular weight excluding hydrogens is 210 g/mol. The summed E-state index contributed by atoms with van der Waals surface area (Å²) in [6, 6.07) is 2.34. The molecule has 3 nitrogen and oxygen atoms in total. The Morgan fingerprint density at radius 2 is 2.06 bits per heavy atom. The van der Waals surface area contributed by atoms with E-state index in [1.807, 2.05) is 14.0 Å². The monoisotopic (exact) mass is 239 g/mol. The van der Waals surface area contributed by atoms with Gasteiger partial charge < -0.3 is 10.2 Å². The Morgan fingerprint density at radius 3 is 2.47 bits per heavy atom. The largest absolute Gasteiger partial charge is 0.303 e. The Morgan fingerprint density at radius 1 is 1.41 bits per heavy atom. The minimum Gasteiger partial charge on any atom is -0.303 e. The maximum atomic E-state index is 9.07. The lowest BCUT2D eigenvalue weighted by Crippen LogP contribution is -2.39. The van der Waals surface area contributed by atoms with E-state index >= 15 is 0 Å². The van der Waals surface area contributed by atoms with Crippen molar-refractivity contribution in [1.82, 2.24) is 10.2 Å². The molecule has 0 bridgehead atoms. The lowest BCUT2D eigenvalue weighted by atomic mass is 9.98. The van der Waals surface area contributed by atoms with Crippen LogP contribution in [-0.2, 0) is 0 Å². The van der Waals surface area contributed by atoms with Crippen molar-refractivity contribution in [2.45, 2.75) is 52.5 Å². The Hall–Kier alpha value is -0.590. The zero-order valence-corrected chi connectivity index (χ0v) is 12.2. The lowest BCUT2D eigenvalue weighted by Gasteiger charge is -2.26. The van der Waals surface area contributed by atoms with Gasteiger partial charge in [-0.2, -0.15) is 5.26 Å². The molecule has 17 heavy (non-hydrogen) atoms. The van der Waals surface area contributed by atoms with Crippen LogP contribution in [-0.4, -0.2) is 37.1 Å². The van der Waals surface area contributed by atoms with Crippen LogP contribution in [0.25, 0.3) is 0 Å². The molecule has 0 aromatic heterocycles. The molecule has 0 aliphatic carbocycles. The molecule has 0 aromatic carbocycles. The van der Waals surface area contributed by atoms with Gasteiger partial charge in [-0.15, -0.1) is 0 Å². The van der Waals surface area contributed by atoms with Crippen molar-refractivity contribution in [3.05, 3.63) is 0 Å². The smallest absolute Gasteiger partial charge is 0.103 e. The van der Waals surface area contributed by atoms with Gasteiger partial charge >= 0.3 is 0 Å². The first-order chi connectivity index (χ1) is 8.01. The normalized spacial score (nSPS) is 16.5. The average molecular weight is 239 g/mol. The van der Waals surface area contributed by atoms with E-state index in [4.69, 9.17) is 5.26 Å². The Kier molecular flexibility index (Phi) is 8.20. The van der Waals surface area contributed by atoms with Crippen molar-refractivity contribution in [3.8, 4) is 6.07 Å². The Labute approximate surface area is 107 Å². The van der Waals surface area contributed by atoms with Gasteiger partial charge in [0.1, 0.15) is 5.54 Å². The van der Waals surface area contributed by atoms with Gasteiger partial charge in [0.25, 0.3) is 0 Å².